The highest BCUT2D eigenvalue weighted by Gasteiger charge is 2.55. The number of rotatable bonds is 1. The predicted molar refractivity (Wildman–Crippen MR) is 70.1 cm³/mol. The minimum atomic E-state index is -0.852. The quantitative estimate of drug-likeness (QED) is 0.703. The smallest absolute Gasteiger partial charge is 0.331 e. The third-order valence-electron chi connectivity index (χ3n) is 4.73. The molecular weight excluding hydrogens is 228 g/mol. The molecular formula is C15H22O3. The molecule has 0 unspecified atom stereocenters. The zero-order valence-corrected chi connectivity index (χ0v) is 11.1. The van der Waals surface area contributed by atoms with Crippen molar-refractivity contribution in [2.45, 2.75) is 45.6 Å². The van der Waals surface area contributed by atoms with E-state index in [1.807, 2.05) is 6.08 Å². The van der Waals surface area contributed by atoms with Gasteiger partial charge in [-0.25, -0.2) is 4.79 Å². The molecule has 3 atom stereocenters. The van der Waals surface area contributed by atoms with E-state index in [9.17, 15) is 15.0 Å². The van der Waals surface area contributed by atoms with Crippen LogP contribution in [0.2, 0.25) is 0 Å². The summed E-state index contributed by atoms with van der Waals surface area (Å²) < 4.78 is 0. The Hall–Kier alpha value is -1.09. The third-order valence-corrected chi connectivity index (χ3v) is 4.73. The Morgan fingerprint density at radius 3 is 2.67 bits per heavy atom. The maximum absolute atomic E-state index is 11.2. The fourth-order valence-electron chi connectivity index (χ4n) is 3.15. The van der Waals surface area contributed by atoms with Gasteiger partial charge in [-0.05, 0) is 48.5 Å². The van der Waals surface area contributed by atoms with Crippen molar-refractivity contribution < 1.29 is 15.0 Å². The molecule has 1 saturated carbocycles. The summed E-state index contributed by atoms with van der Waals surface area (Å²) in [7, 11) is 0. The van der Waals surface area contributed by atoms with E-state index >= 15 is 0 Å². The normalized spacial score (nSPS) is 38.3. The van der Waals surface area contributed by atoms with Crippen molar-refractivity contribution in [1.82, 2.24) is 0 Å². The second-order valence-electron chi connectivity index (χ2n) is 6.20. The molecule has 2 N–H and O–H groups in total. The number of fused-ring (bicyclic) bond motifs is 1. The maximum atomic E-state index is 11.2. The summed E-state index contributed by atoms with van der Waals surface area (Å²) in [5.74, 6) is 0.0374. The van der Waals surface area contributed by atoms with Gasteiger partial charge in [0.1, 0.15) is 0 Å². The lowest BCUT2D eigenvalue weighted by molar-refractivity contribution is -0.132. The summed E-state index contributed by atoms with van der Waals surface area (Å²) >= 11 is 0. The fraction of sp³-hybridized carbons (Fsp3) is 0.667. The zero-order valence-electron chi connectivity index (χ0n) is 11.1. The van der Waals surface area contributed by atoms with Gasteiger partial charge in [0.2, 0.25) is 0 Å². The lowest BCUT2D eigenvalue weighted by Crippen LogP contribution is -2.13. The largest absolute Gasteiger partial charge is 0.478 e. The first-order valence-corrected chi connectivity index (χ1v) is 6.63. The molecule has 3 nitrogen and oxygen atoms in total. The average molecular weight is 250 g/mol. The van der Waals surface area contributed by atoms with Crippen LogP contribution in [0.5, 0.6) is 0 Å². The monoisotopic (exact) mass is 250 g/mol. The number of carboxylic acid groups (broad SMARTS) is 1. The van der Waals surface area contributed by atoms with Crippen molar-refractivity contribution in [3.8, 4) is 0 Å². The maximum Gasteiger partial charge on any atom is 0.331 e. The Morgan fingerprint density at radius 2 is 2.06 bits per heavy atom. The first kappa shape index (κ1) is 13.3. The molecule has 0 radical (unpaired) electrons. The molecule has 0 aromatic carbocycles. The molecule has 2 aliphatic rings. The lowest BCUT2D eigenvalue weighted by atomic mass is 9.95. The summed E-state index contributed by atoms with van der Waals surface area (Å²) in [6, 6.07) is 0. The Kier molecular flexibility index (Phi) is 3.37. The number of hydrogen-bond acceptors (Lipinski definition) is 2. The van der Waals surface area contributed by atoms with E-state index in [0.29, 0.717) is 30.3 Å². The van der Waals surface area contributed by atoms with Gasteiger partial charge in [0.25, 0.3) is 0 Å². The number of allylic oxidation sites excluding steroid dienone is 1. The van der Waals surface area contributed by atoms with Crippen LogP contribution in [0.1, 0.15) is 39.5 Å². The van der Waals surface area contributed by atoms with Gasteiger partial charge in [-0.15, -0.1) is 0 Å². The van der Waals surface area contributed by atoms with Crippen molar-refractivity contribution in [1.29, 1.82) is 0 Å². The number of carboxylic acids is 1. The first-order valence-electron chi connectivity index (χ1n) is 6.63. The van der Waals surface area contributed by atoms with Crippen molar-refractivity contribution in [3.05, 3.63) is 23.8 Å². The molecule has 0 bridgehead atoms. The van der Waals surface area contributed by atoms with Gasteiger partial charge >= 0.3 is 5.97 Å². The SMILES string of the molecule is C=C1CC[C@@H]2[C@H](/C=C(\C(=O)O)CC[C@@H]1O)C2(C)C. The van der Waals surface area contributed by atoms with Crippen molar-refractivity contribution in [3.63, 3.8) is 0 Å². The van der Waals surface area contributed by atoms with E-state index in [0.717, 1.165) is 18.4 Å². The zero-order chi connectivity index (χ0) is 13.5. The number of hydrogen-bond donors (Lipinski definition) is 2. The summed E-state index contributed by atoms with van der Waals surface area (Å²) in [4.78, 5) is 11.2. The topological polar surface area (TPSA) is 57.5 Å². The molecule has 0 aliphatic heterocycles. The first-order chi connectivity index (χ1) is 8.34. The van der Waals surface area contributed by atoms with Crippen molar-refractivity contribution in [2.24, 2.45) is 17.3 Å². The van der Waals surface area contributed by atoms with Crippen LogP contribution in [0.4, 0.5) is 0 Å². The average Bonchev–Trinajstić information content (AvgIpc) is 2.80. The van der Waals surface area contributed by atoms with Crippen LogP contribution < -0.4 is 0 Å². The molecule has 100 valence electrons. The Morgan fingerprint density at radius 1 is 1.39 bits per heavy atom. The van der Waals surface area contributed by atoms with Gasteiger partial charge in [-0.3, -0.25) is 0 Å². The van der Waals surface area contributed by atoms with Crippen LogP contribution >= 0.6 is 0 Å². The van der Waals surface area contributed by atoms with Gasteiger partial charge < -0.3 is 10.2 Å². The van der Waals surface area contributed by atoms with Crippen molar-refractivity contribution in [2.75, 3.05) is 0 Å². The van der Waals surface area contributed by atoms with Crippen LogP contribution in [0.3, 0.4) is 0 Å². The van der Waals surface area contributed by atoms with Crippen molar-refractivity contribution >= 4 is 5.97 Å². The summed E-state index contributed by atoms with van der Waals surface area (Å²) in [6.45, 7) is 8.30. The predicted octanol–water partition coefficient (Wildman–Crippen LogP) is 2.76. The van der Waals surface area contributed by atoms with Crippen LogP contribution in [-0.4, -0.2) is 22.3 Å². The molecule has 3 heteroatoms. The number of aliphatic hydroxyl groups is 1. The third kappa shape index (κ3) is 2.37. The summed E-state index contributed by atoms with van der Waals surface area (Å²) in [5.41, 5.74) is 1.49. The number of carbonyl (C=O) groups is 1. The van der Waals surface area contributed by atoms with Gasteiger partial charge in [-0.2, -0.15) is 0 Å². The van der Waals surface area contributed by atoms with E-state index in [1.165, 1.54) is 0 Å². The number of aliphatic carboxylic acids is 1. The molecule has 0 heterocycles. The molecule has 1 fully saturated rings. The Bertz CT molecular complexity index is 406. The van der Waals surface area contributed by atoms with Gasteiger partial charge in [0, 0.05) is 5.57 Å². The molecule has 0 saturated heterocycles. The standard InChI is InChI=1S/C15H22O3/c1-9-4-6-11-12(15(11,2)3)8-10(14(17)18)5-7-13(9)16/h8,11-13,16H,1,4-7H2,2-3H3,(H,17,18)/b10-8-/t11-,12+,13+/m1/s1. The fourth-order valence-corrected chi connectivity index (χ4v) is 3.15. The number of aliphatic hydroxyl groups excluding tert-OH is 1. The molecule has 2 rings (SSSR count). The molecule has 18 heavy (non-hydrogen) atoms. The van der Waals surface area contributed by atoms with Crippen LogP contribution in [0.25, 0.3) is 0 Å². The minimum absolute atomic E-state index is 0.191. The van der Waals surface area contributed by atoms with Gasteiger partial charge in [0.15, 0.2) is 0 Å². The summed E-state index contributed by atoms with van der Waals surface area (Å²) in [6.07, 6.45) is 4.10. The van der Waals surface area contributed by atoms with Crippen LogP contribution in [0.15, 0.2) is 23.8 Å². The molecule has 0 amide bonds. The Labute approximate surface area is 108 Å². The van der Waals surface area contributed by atoms with Gasteiger partial charge in [-0.1, -0.05) is 26.5 Å². The highest BCUT2D eigenvalue weighted by Crippen LogP contribution is 2.61. The highest BCUT2D eigenvalue weighted by atomic mass is 16.4. The molecule has 0 aromatic rings. The van der Waals surface area contributed by atoms with Crippen LogP contribution in [0, 0.1) is 17.3 Å². The van der Waals surface area contributed by atoms with E-state index in [4.69, 9.17) is 0 Å². The van der Waals surface area contributed by atoms with E-state index in [2.05, 4.69) is 20.4 Å². The molecule has 0 aromatic heterocycles. The molecule has 2 aliphatic carbocycles. The Balaban J connectivity index is 2.23. The minimum Gasteiger partial charge on any atom is -0.478 e. The second-order valence-corrected chi connectivity index (χ2v) is 6.20. The van der Waals surface area contributed by atoms with E-state index in [1.54, 1.807) is 0 Å². The van der Waals surface area contributed by atoms with Crippen LogP contribution in [-0.2, 0) is 4.79 Å². The van der Waals surface area contributed by atoms with Gasteiger partial charge in [0.05, 0.1) is 6.10 Å². The second kappa shape index (κ2) is 4.54. The summed E-state index contributed by atoms with van der Waals surface area (Å²) in [5, 5.41) is 19.1. The molecule has 0 spiro atoms. The van der Waals surface area contributed by atoms with E-state index in [-0.39, 0.29) is 5.41 Å². The van der Waals surface area contributed by atoms with E-state index < -0.39 is 12.1 Å². The lowest BCUT2D eigenvalue weighted by Gasteiger charge is -2.15. The highest BCUT2D eigenvalue weighted by molar-refractivity contribution is 5.86.